The van der Waals surface area contributed by atoms with Crippen molar-refractivity contribution in [2.45, 2.75) is 24.3 Å². The smallest absolute Gasteiger partial charge is 0.244 e. The Labute approximate surface area is 133 Å². The lowest BCUT2D eigenvalue weighted by Gasteiger charge is -2.23. The first kappa shape index (κ1) is 15.3. The van der Waals surface area contributed by atoms with Crippen molar-refractivity contribution >= 4 is 27.4 Å². The number of imidazole rings is 1. The highest BCUT2D eigenvalue weighted by atomic mass is 35.5. The number of hydrogen-bond acceptors (Lipinski definition) is 5. The van der Waals surface area contributed by atoms with Crippen molar-refractivity contribution in [3.63, 3.8) is 0 Å². The van der Waals surface area contributed by atoms with E-state index in [2.05, 4.69) is 19.3 Å². The summed E-state index contributed by atoms with van der Waals surface area (Å²) in [7, 11) is -3.73. The van der Waals surface area contributed by atoms with E-state index in [-0.39, 0.29) is 21.7 Å². The van der Waals surface area contributed by atoms with Crippen molar-refractivity contribution in [3.05, 3.63) is 35.5 Å². The second kappa shape index (κ2) is 5.86. The predicted molar refractivity (Wildman–Crippen MR) is 82.9 cm³/mol. The summed E-state index contributed by atoms with van der Waals surface area (Å²) in [4.78, 5) is 7.96. The van der Waals surface area contributed by atoms with Crippen LogP contribution in [0.25, 0.3) is 0 Å². The van der Waals surface area contributed by atoms with Gasteiger partial charge in [0.25, 0.3) is 0 Å². The second-order valence-electron chi connectivity index (χ2n) is 5.28. The molecule has 0 saturated carbocycles. The Bertz CT molecular complexity index is 789. The molecule has 0 amide bonds. The molecule has 0 saturated heterocycles. The lowest BCUT2D eigenvalue weighted by atomic mass is 9.98. The quantitative estimate of drug-likeness (QED) is 0.865. The van der Waals surface area contributed by atoms with Crippen molar-refractivity contribution < 1.29 is 8.42 Å². The summed E-state index contributed by atoms with van der Waals surface area (Å²) in [6, 6.07) is 1.31. The van der Waals surface area contributed by atoms with E-state index >= 15 is 0 Å². The molecule has 9 heteroatoms. The molecule has 0 aromatic carbocycles. The molecular formula is C13H16ClN5O2S. The number of halogens is 1. The van der Waals surface area contributed by atoms with Gasteiger partial charge in [-0.2, -0.15) is 0 Å². The number of pyridine rings is 1. The summed E-state index contributed by atoms with van der Waals surface area (Å²) < 4.78 is 29.3. The molecule has 1 aliphatic heterocycles. The van der Waals surface area contributed by atoms with Crippen LogP contribution in [0.1, 0.15) is 12.2 Å². The van der Waals surface area contributed by atoms with Gasteiger partial charge in [0.15, 0.2) is 0 Å². The standard InChI is InChI=1S/C13H16ClN5O2S/c14-10-6-11(13(15)17-8-10)22(20,21)18-7-9-1-3-19-4-2-16-12(19)5-9/h2,4,6,8-9,18H,1,3,5,7H2,(H2,15,17)/t9-/m1/s1. The van der Waals surface area contributed by atoms with Gasteiger partial charge in [0.1, 0.15) is 16.5 Å². The van der Waals surface area contributed by atoms with Crippen LogP contribution in [0.5, 0.6) is 0 Å². The SMILES string of the molecule is Nc1ncc(Cl)cc1S(=O)(=O)NC[C@@H]1CCn2ccnc2C1. The third kappa shape index (κ3) is 3.08. The number of rotatable bonds is 4. The summed E-state index contributed by atoms with van der Waals surface area (Å²) in [5.41, 5.74) is 5.63. The maximum Gasteiger partial charge on any atom is 0.244 e. The van der Waals surface area contributed by atoms with E-state index in [1.807, 2.05) is 6.20 Å². The van der Waals surface area contributed by atoms with E-state index in [4.69, 9.17) is 17.3 Å². The molecule has 0 bridgehead atoms. The number of nitrogens with zero attached hydrogens (tertiary/aromatic N) is 3. The first-order chi connectivity index (χ1) is 10.5. The lowest BCUT2D eigenvalue weighted by Crippen LogP contribution is -2.33. The zero-order valence-electron chi connectivity index (χ0n) is 11.7. The summed E-state index contributed by atoms with van der Waals surface area (Å²) in [5, 5.41) is 0.231. The number of sulfonamides is 1. The molecule has 2 aromatic heterocycles. The fraction of sp³-hybridized carbons (Fsp3) is 0.385. The maximum atomic E-state index is 12.3. The molecule has 118 valence electrons. The first-order valence-corrected chi connectivity index (χ1v) is 8.72. The van der Waals surface area contributed by atoms with Crippen LogP contribution in [0.15, 0.2) is 29.6 Å². The molecule has 1 aliphatic rings. The second-order valence-corrected chi connectivity index (χ2v) is 7.46. The fourth-order valence-corrected chi connectivity index (χ4v) is 3.98. The Kier molecular flexibility index (Phi) is 4.07. The van der Waals surface area contributed by atoms with Crippen LogP contribution in [-0.4, -0.2) is 29.5 Å². The number of nitrogens with one attached hydrogen (secondary N) is 1. The van der Waals surface area contributed by atoms with Crippen LogP contribution in [0, 0.1) is 5.92 Å². The number of fused-ring (bicyclic) bond motifs is 1. The third-order valence-electron chi connectivity index (χ3n) is 3.75. The van der Waals surface area contributed by atoms with E-state index in [0.717, 1.165) is 25.2 Å². The highest BCUT2D eigenvalue weighted by Gasteiger charge is 2.23. The van der Waals surface area contributed by atoms with Crippen molar-refractivity contribution in [1.82, 2.24) is 19.3 Å². The van der Waals surface area contributed by atoms with Crippen molar-refractivity contribution in [2.75, 3.05) is 12.3 Å². The molecular weight excluding hydrogens is 326 g/mol. The Morgan fingerprint density at radius 2 is 2.27 bits per heavy atom. The Morgan fingerprint density at radius 1 is 1.45 bits per heavy atom. The highest BCUT2D eigenvalue weighted by molar-refractivity contribution is 7.89. The normalized spacial score (nSPS) is 18.1. The van der Waals surface area contributed by atoms with E-state index in [0.29, 0.717) is 6.54 Å². The highest BCUT2D eigenvalue weighted by Crippen LogP contribution is 2.22. The molecule has 7 nitrogen and oxygen atoms in total. The van der Waals surface area contributed by atoms with E-state index in [1.54, 1.807) is 6.20 Å². The number of nitrogen functional groups attached to an aromatic ring is 1. The number of anilines is 1. The molecule has 0 spiro atoms. The largest absolute Gasteiger partial charge is 0.383 e. The molecule has 3 N–H and O–H groups in total. The molecule has 0 fully saturated rings. The fourth-order valence-electron chi connectivity index (χ4n) is 2.54. The van der Waals surface area contributed by atoms with Gasteiger partial charge in [0.05, 0.1) is 5.02 Å². The summed E-state index contributed by atoms with van der Waals surface area (Å²) in [5.74, 6) is 1.13. The van der Waals surface area contributed by atoms with Gasteiger partial charge in [0.2, 0.25) is 10.0 Å². The van der Waals surface area contributed by atoms with Crippen LogP contribution >= 0.6 is 11.6 Å². The zero-order chi connectivity index (χ0) is 15.7. The average molecular weight is 342 g/mol. The molecule has 0 unspecified atom stereocenters. The van der Waals surface area contributed by atoms with Crippen molar-refractivity contribution in [1.29, 1.82) is 0 Å². The average Bonchev–Trinajstić information content (AvgIpc) is 2.95. The Morgan fingerprint density at radius 3 is 3.09 bits per heavy atom. The van der Waals surface area contributed by atoms with Gasteiger partial charge in [-0.25, -0.2) is 23.1 Å². The lowest BCUT2D eigenvalue weighted by molar-refractivity contribution is 0.379. The Balaban J connectivity index is 1.69. The summed E-state index contributed by atoms with van der Waals surface area (Å²) in [6.45, 7) is 1.18. The number of hydrogen-bond donors (Lipinski definition) is 2. The predicted octanol–water partition coefficient (Wildman–Crippen LogP) is 1.05. The van der Waals surface area contributed by atoms with Gasteiger partial charge in [-0.1, -0.05) is 11.6 Å². The van der Waals surface area contributed by atoms with Crippen molar-refractivity contribution in [2.24, 2.45) is 5.92 Å². The van der Waals surface area contributed by atoms with Crippen LogP contribution in [0.4, 0.5) is 5.82 Å². The molecule has 3 heterocycles. The minimum absolute atomic E-state index is 0.0592. The van der Waals surface area contributed by atoms with E-state index < -0.39 is 10.0 Å². The van der Waals surface area contributed by atoms with Gasteiger partial charge in [0, 0.05) is 38.1 Å². The van der Waals surface area contributed by atoms with Crippen molar-refractivity contribution in [3.8, 4) is 0 Å². The van der Waals surface area contributed by atoms with Gasteiger partial charge in [-0.3, -0.25) is 0 Å². The van der Waals surface area contributed by atoms with Crippen LogP contribution in [-0.2, 0) is 23.0 Å². The molecule has 0 aliphatic carbocycles. The van der Waals surface area contributed by atoms with E-state index in [9.17, 15) is 8.42 Å². The van der Waals surface area contributed by atoms with Gasteiger partial charge in [-0.05, 0) is 18.4 Å². The monoisotopic (exact) mass is 341 g/mol. The van der Waals surface area contributed by atoms with E-state index in [1.165, 1.54) is 12.3 Å². The molecule has 2 aromatic rings. The first-order valence-electron chi connectivity index (χ1n) is 6.86. The van der Waals surface area contributed by atoms with Crippen LogP contribution in [0.2, 0.25) is 5.02 Å². The minimum Gasteiger partial charge on any atom is -0.383 e. The van der Waals surface area contributed by atoms with Crippen LogP contribution < -0.4 is 10.5 Å². The molecule has 0 radical (unpaired) electrons. The zero-order valence-corrected chi connectivity index (χ0v) is 13.3. The number of nitrogens with two attached hydrogens (primary N) is 1. The number of aromatic nitrogens is 3. The third-order valence-corrected chi connectivity index (χ3v) is 5.41. The maximum absolute atomic E-state index is 12.3. The van der Waals surface area contributed by atoms with Crippen LogP contribution in [0.3, 0.4) is 0 Å². The number of aryl methyl sites for hydroxylation is 1. The molecule has 22 heavy (non-hydrogen) atoms. The molecule has 3 rings (SSSR count). The molecule has 1 atom stereocenters. The summed E-state index contributed by atoms with van der Waals surface area (Å²) in [6.07, 6.45) is 6.67. The Hall–Kier alpha value is -1.64. The minimum atomic E-state index is -3.73. The van der Waals surface area contributed by atoms with Gasteiger partial charge >= 0.3 is 0 Å². The topological polar surface area (TPSA) is 103 Å². The summed E-state index contributed by atoms with van der Waals surface area (Å²) >= 11 is 5.79. The van der Waals surface area contributed by atoms with Gasteiger partial charge in [-0.15, -0.1) is 0 Å². The van der Waals surface area contributed by atoms with Gasteiger partial charge < -0.3 is 10.3 Å².